The summed E-state index contributed by atoms with van der Waals surface area (Å²) in [6.45, 7) is 2.80. The van der Waals surface area contributed by atoms with Crippen LogP contribution in [-0.2, 0) is 9.59 Å². The Labute approximate surface area is 140 Å². The molecule has 0 aromatic carbocycles. The average Bonchev–Trinajstić information content (AvgIpc) is 2.52. The minimum absolute atomic E-state index is 0.0889. The molecule has 0 saturated carbocycles. The summed E-state index contributed by atoms with van der Waals surface area (Å²) >= 11 is 0. The second-order valence-electron chi connectivity index (χ2n) is 6.00. The van der Waals surface area contributed by atoms with Gasteiger partial charge in [0.05, 0.1) is 0 Å². The number of carboxylic acid groups (broad SMARTS) is 1. The van der Waals surface area contributed by atoms with E-state index in [1.165, 1.54) is 19.3 Å². The van der Waals surface area contributed by atoms with Crippen LogP contribution in [0.1, 0.15) is 77.6 Å². The number of hydrogen-bond acceptors (Lipinski definition) is 3. The standard InChI is InChI=1S/C18H34N2O3/c1-2-3-4-5-6-7-8-9-10-14-17(21)20-15-12-11-13-16(19)18(22)23/h5-6,16H,2-4,7-15,19H2,1H3,(H,20,21)(H,22,23)/b6-5+/t16-/m0/s1. The maximum absolute atomic E-state index is 11.6. The zero-order valence-corrected chi connectivity index (χ0v) is 14.6. The molecule has 0 aromatic heterocycles. The fourth-order valence-corrected chi connectivity index (χ4v) is 2.21. The van der Waals surface area contributed by atoms with Gasteiger partial charge in [-0.2, -0.15) is 0 Å². The number of nitrogens with one attached hydrogen (secondary N) is 1. The van der Waals surface area contributed by atoms with E-state index in [2.05, 4.69) is 24.4 Å². The van der Waals surface area contributed by atoms with Gasteiger partial charge in [0, 0.05) is 13.0 Å². The molecule has 0 radical (unpaired) electrons. The molecule has 1 atom stereocenters. The second kappa shape index (κ2) is 15.5. The molecule has 0 rings (SSSR count). The molecule has 0 aromatic rings. The van der Waals surface area contributed by atoms with Gasteiger partial charge in [-0.25, -0.2) is 0 Å². The molecule has 1 amide bonds. The van der Waals surface area contributed by atoms with Crippen molar-refractivity contribution in [3.8, 4) is 0 Å². The third-order valence-electron chi connectivity index (χ3n) is 3.75. The summed E-state index contributed by atoms with van der Waals surface area (Å²) in [5.74, 6) is -0.875. The summed E-state index contributed by atoms with van der Waals surface area (Å²) < 4.78 is 0. The van der Waals surface area contributed by atoms with Gasteiger partial charge in [-0.3, -0.25) is 9.59 Å². The normalized spacial score (nSPS) is 12.4. The lowest BCUT2D eigenvalue weighted by Crippen LogP contribution is -2.30. The molecule has 0 aliphatic carbocycles. The molecule has 134 valence electrons. The van der Waals surface area contributed by atoms with E-state index in [-0.39, 0.29) is 5.91 Å². The van der Waals surface area contributed by atoms with Crippen LogP contribution in [0.3, 0.4) is 0 Å². The van der Waals surface area contributed by atoms with Crippen molar-refractivity contribution < 1.29 is 14.7 Å². The van der Waals surface area contributed by atoms with E-state index >= 15 is 0 Å². The third kappa shape index (κ3) is 15.3. The average molecular weight is 326 g/mol. The molecule has 5 heteroatoms. The van der Waals surface area contributed by atoms with E-state index in [0.717, 1.165) is 38.5 Å². The SMILES string of the molecule is CCCC/C=C/CCCCCC(=O)NCCCC[C@H](N)C(=O)O. The van der Waals surface area contributed by atoms with Crippen LogP contribution in [-0.4, -0.2) is 29.6 Å². The fraction of sp³-hybridized carbons (Fsp3) is 0.778. The summed E-state index contributed by atoms with van der Waals surface area (Å²) in [5.41, 5.74) is 5.41. The van der Waals surface area contributed by atoms with Crippen molar-refractivity contribution in [1.82, 2.24) is 5.32 Å². The number of carbonyl (C=O) groups is 2. The summed E-state index contributed by atoms with van der Waals surface area (Å²) in [7, 11) is 0. The fourth-order valence-electron chi connectivity index (χ4n) is 2.21. The topological polar surface area (TPSA) is 92.4 Å². The molecule has 5 nitrogen and oxygen atoms in total. The van der Waals surface area contributed by atoms with Crippen LogP contribution in [0.2, 0.25) is 0 Å². The predicted octanol–water partition coefficient (Wildman–Crippen LogP) is 3.38. The highest BCUT2D eigenvalue weighted by Gasteiger charge is 2.10. The van der Waals surface area contributed by atoms with E-state index in [1.54, 1.807) is 0 Å². The van der Waals surface area contributed by atoms with Gasteiger partial charge in [-0.15, -0.1) is 0 Å². The van der Waals surface area contributed by atoms with Crippen LogP contribution in [0, 0.1) is 0 Å². The van der Waals surface area contributed by atoms with E-state index in [4.69, 9.17) is 10.8 Å². The van der Waals surface area contributed by atoms with E-state index in [0.29, 0.717) is 19.4 Å². The number of nitrogens with two attached hydrogens (primary N) is 1. The van der Waals surface area contributed by atoms with Crippen molar-refractivity contribution in [3.05, 3.63) is 12.2 Å². The lowest BCUT2D eigenvalue weighted by atomic mass is 10.1. The molecule has 4 N–H and O–H groups in total. The lowest BCUT2D eigenvalue weighted by molar-refractivity contribution is -0.138. The first-order valence-electron chi connectivity index (χ1n) is 8.98. The molecule has 23 heavy (non-hydrogen) atoms. The van der Waals surface area contributed by atoms with E-state index in [1.807, 2.05) is 0 Å². The van der Waals surface area contributed by atoms with Crippen molar-refractivity contribution >= 4 is 11.9 Å². The largest absolute Gasteiger partial charge is 0.480 e. The highest BCUT2D eigenvalue weighted by Crippen LogP contribution is 2.05. The lowest BCUT2D eigenvalue weighted by Gasteiger charge is -2.07. The minimum Gasteiger partial charge on any atom is -0.480 e. The van der Waals surface area contributed by atoms with Gasteiger partial charge >= 0.3 is 5.97 Å². The van der Waals surface area contributed by atoms with Crippen LogP contribution in [0.5, 0.6) is 0 Å². The molecular weight excluding hydrogens is 292 g/mol. The monoisotopic (exact) mass is 326 g/mol. The van der Waals surface area contributed by atoms with Crippen molar-refractivity contribution in [1.29, 1.82) is 0 Å². The van der Waals surface area contributed by atoms with Gasteiger partial charge in [0.1, 0.15) is 6.04 Å². The van der Waals surface area contributed by atoms with Crippen molar-refractivity contribution in [3.63, 3.8) is 0 Å². The van der Waals surface area contributed by atoms with Gasteiger partial charge in [0.2, 0.25) is 5.91 Å². The van der Waals surface area contributed by atoms with E-state index in [9.17, 15) is 9.59 Å². The Morgan fingerprint density at radius 3 is 2.39 bits per heavy atom. The molecule has 0 fully saturated rings. The van der Waals surface area contributed by atoms with Gasteiger partial charge < -0.3 is 16.2 Å². The van der Waals surface area contributed by atoms with Gasteiger partial charge in [-0.1, -0.05) is 38.3 Å². The number of carboxylic acids is 1. The molecule has 0 unspecified atom stereocenters. The molecular formula is C18H34N2O3. The Hall–Kier alpha value is -1.36. The first-order valence-corrected chi connectivity index (χ1v) is 8.98. The van der Waals surface area contributed by atoms with Crippen LogP contribution in [0.15, 0.2) is 12.2 Å². The first-order chi connectivity index (χ1) is 11.1. The van der Waals surface area contributed by atoms with Crippen molar-refractivity contribution in [2.45, 2.75) is 83.6 Å². The predicted molar refractivity (Wildman–Crippen MR) is 94.2 cm³/mol. The van der Waals surface area contributed by atoms with Crippen LogP contribution in [0.25, 0.3) is 0 Å². The molecule has 0 bridgehead atoms. The highest BCUT2D eigenvalue weighted by molar-refractivity contribution is 5.75. The highest BCUT2D eigenvalue weighted by atomic mass is 16.4. The second-order valence-corrected chi connectivity index (χ2v) is 6.00. The number of allylic oxidation sites excluding steroid dienone is 2. The summed E-state index contributed by atoms with van der Waals surface area (Å²) in [6, 6.07) is -0.790. The Morgan fingerprint density at radius 1 is 1.04 bits per heavy atom. The zero-order valence-electron chi connectivity index (χ0n) is 14.6. The minimum atomic E-state index is -0.964. The Kier molecular flexibility index (Phi) is 14.6. The maximum Gasteiger partial charge on any atom is 0.320 e. The summed E-state index contributed by atoms with van der Waals surface area (Å²) in [5, 5.41) is 11.5. The number of amides is 1. The summed E-state index contributed by atoms with van der Waals surface area (Å²) in [4.78, 5) is 22.1. The first kappa shape index (κ1) is 21.6. The van der Waals surface area contributed by atoms with Gasteiger partial charge in [0.15, 0.2) is 0 Å². The molecule has 0 spiro atoms. The van der Waals surface area contributed by atoms with Crippen molar-refractivity contribution in [2.24, 2.45) is 5.73 Å². The molecule has 0 aliphatic heterocycles. The molecule has 0 heterocycles. The third-order valence-corrected chi connectivity index (χ3v) is 3.75. The van der Waals surface area contributed by atoms with Crippen molar-refractivity contribution in [2.75, 3.05) is 6.54 Å². The molecule has 0 saturated heterocycles. The van der Waals surface area contributed by atoms with Crippen LogP contribution < -0.4 is 11.1 Å². The van der Waals surface area contributed by atoms with Gasteiger partial charge in [0.25, 0.3) is 0 Å². The smallest absolute Gasteiger partial charge is 0.320 e. The zero-order chi connectivity index (χ0) is 17.3. The quantitative estimate of drug-likeness (QED) is 0.318. The van der Waals surface area contributed by atoms with E-state index < -0.39 is 12.0 Å². The summed E-state index contributed by atoms with van der Waals surface area (Å²) in [6.07, 6.45) is 15.0. The Balaban J connectivity index is 3.34. The Bertz CT molecular complexity index is 343. The number of unbranched alkanes of at least 4 members (excludes halogenated alkanes) is 6. The number of rotatable bonds is 15. The van der Waals surface area contributed by atoms with Crippen LogP contribution in [0.4, 0.5) is 0 Å². The maximum atomic E-state index is 11.6. The Morgan fingerprint density at radius 2 is 1.74 bits per heavy atom. The van der Waals surface area contributed by atoms with Crippen LogP contribution >= 0.6 is 0 Å². The number of aliphatic carboxylic acids is 1. The van der Waals surface area contributed by atoms with Gasteiger partial charge in [-0.05, 0) is 44.9 Å². The number of carbonyl (C=O) groups excluding carboxylic acids is 1. The molecule has 0 aliphatic rings. The number of hydrogen-bond donors (Lipinski definition) is 3.